The third-order valence-electron chi connectivity index (χ3n) is 9.17. The van der Waals surface area contributed by atoms with Gasteiger partial charge in [-0.25, -0.2) is 9.98 Å². The smallest absolute Gasteiger partial charge is 0.295 e. The van der Waals surface area contributed by atoms with Crippen molar-refractivity contribution in [3.63, 3.8) is 0 Å². The Morgan fingerprint density at radius 3 is 1.14 bits per heavy atom. The number of aliphatic hydroxyl groups is 2. The van der Waals surface area contributed by atoms with E-state index in [4.69, 9.17) is 0 Å². The monoisotopic (exact) mass is 1110 g/mol. The molecule has 0 saturated carbocycles. The number of likely N-dealkylation sites (N-methyl/N-ethyl adjacent to an activating group) is 2. The first-order valence-electron chi connectivity index (χ1n) is 19.2. The van der Waals surface area contributed by atoms with Crippen molar-refractivity contribution in [3.8, 4) is 0 Å². The molecule has 0 fully saturated rings. The zero-order valence-corrected chi connectivity index (χ0v) is 50.5. The van der Waals surface area contributed by atoms with Crippen LogP contribution < -0.4 is 31.7 Å². The summed E-state index contributed by atoms with van der Waals surface area (Å²) in [5, 5.41) is 24.7. The molecule has 0 atom stereocenters. The van der Waals surface area contributed by atoms with E-state index in [0.717, 1.165) is 48.6 Å². The third kappa shape index (κ3) is 18.4. The van der Waals surface area contributed by atoms with Crippen molar-refractivity contribution in [1.29, 1.82) is 0 Å². The van der Waals surface area contributed by atoms with E-state index < -0.39 is 50.3 Å². The normalized spacial score (nSPS) is 12.2. The van der Waals surface area contributed by atoms with Gasteiger partial charge < -0.3 is 30.6 Å². The van der Waals surface area contributed by atoms with E-state index in [-0.39, 0.29) is 212 Å². The second kappa shape index (κ2) is 27.7. The minimum atomic E-state index is -4.99. The fourth-order valence-electron chi connectivity index (χ4n) is 5.86. The van der Waals surface area contributed by atoms with Crippen molar-refractivity contribution in [1.82, 2.24) is 29.9 Å². The molecule has 0 aliphatic heterocycles. The van der Waals surface area contributed by atoms with Gasteiger partial charge in [0.25, 0.3) is 40.5 Å². The van der Waals surface area contributed by atoms with Crippen LogP contribution in [0.1, 0.15) is 11.1 Å². The molecule has 72 heavy (non-hydrogen) atoms. The van der Waals surface area contributed by atoms with Gasteiger partial charge in [0.05, 0.1) is 34.4 Å². The number of anilines is 6. The summed E-state index contributed by atoms with van der Waals surface area (Å²) >= 11 is 0. The molecule has 0 aliphatic rings. The van der Waals surface area contributed by atoms with Crippen LogP contribution in [0, 0.1) is 0 Å². The molecular formula is C38H40N12Na4O14S4. The number of hydrogen-bond acceptors (Lipinski definition) is 20. The van der Waals surface area contributed by atoms with Gasteiger partial charge in [-0.15, -0.1) is 0 Å². The number of aliphatic hydroxyl groups excluding tert-OH is 2. The SMILES string of the molecule is CN(CCO)c1nc(Nc2ccc(S(=O)(=O)O)cc2)nc(=Nc2ccc(C=Cc3ccc(N=c4nc(Nc5ccc(S(=O)(=O)O)cc5)nc(N(C)CCO)[nH]4)cc3S(=O)(=O)O)c(S(=O)(=O)O)c2)[nH]1.[Na].[Na].[Na].[Na]. The van der Waals surface area contributed by atoms with Crippen molar-refractivity contribution in [2.24, 2.45) is 9.98 Å². The van der Waals surface area contributed by atoms with Gasteiger partial charge in [-0.1, -0.05) is 24.3 Å². The largest absolute Gasteiger partial charge is 0.395 e. The summed E-state index contributed by atoms with van der Waals surface area (Å²) in [5.74, 6) is 0.0943. The number of aromatic nitrogens is 6. The zero-order valence-electron chi connectivity index (χ0n) is 39.2. The Kier molecular flexibility index (Phi) is 25.0. The Morgan fingerprint density at radius 2 is 0.847 bits per heavy atom. The minimum absolute atomic E-state index is 0. The third-order valence-corrected chi connectivity index (χ3v) is 12.7. The average molecular weight is 1110 g/mol. The summed E-state index contributed by atoms with van der Waals surface area (Å²) in [6, 6.07) is 17.0. The van der Waals surface area contributed by atoms with Crippen LogP contribution in [0.15, 0.2) is 114 Å². The summed E-state index contributed by atoms with van der Waals surface area (Å²) in [6.07, 6.45) is 2.31. The maximum absolute atomic E-state index is 12.7. The maximum Gasteiger partial charge on any atom is 0.295 e. The van der Waals surface area contributed by atoms with E-state index in [1.165, 1.54) is 58.3 Å². The number of benzene rings is 4. The second-order valence-electron chi connectivity index (χ2n) is 14.1. The Bertz CT molecular complexity index is 3270. The Labute approximate surface area is 500 Å². The minimum Gasteiger partial charge on any atom is -0.395 e. The molecule has 0 unspecified atom stereocenters. The van der Waals surface area contributed by atoms with E-state index in [2.05, 4.69) is 50.5 Å². The number of aromatic amines is 2. The molecule has 6 rings (SSSR count). The summed E-state index contributed by atoms with van der Waals surface area (Å²) in [6.45, 7) is -0.328. The molecule has 26 nitrogen and oxygen atoms in total. The maximum atomic E-state index is 12.7. The van der Waals surface area contributed by atoms with Crippen LogP contribution in [0.3, 0.4) is 0 Å². The van der Waals surface area contributed by atoms with E-state index in [9.17, 15) is 62.1 Å². The molecule has 0 aliphatic carbocycles. The van der Waals surface area contributed by atoms with E-state index in [1.807, 2.05) is 0 Å². The summed E-state index contributed by atoms with van der Waals surface area (Å²) in [4.78, 5) is 32.6. The molecule has 6 aromatic rings. The molecule has 34 heteroatoms. The van der Waals surface area contributed by atoms with Crippen LogP contribution in [0.25, 0.3) is 12.2 Å². The van der Waals surface area contributed by atoms with Gasteiger partial charge in [-0.05, 0) is 83.9 Å². The number of rotatable bonds is 18. The summed E-state index contributed by atoms with van der Waals surface area (Å²) < 4.78 is 136. The molecule has 4 radical (unpaired) electrons. The number of nitrogens with one attached hydrogen (secondary N) is 4. The molecule has 0 saturated heterocycles. The Balaban J connectivity index is 0.00000444. The number of hydrogen-bond donors (Lipinski definition) is 10. The van der Waals surface area contributed by atoms with Crippen molar-refractivity contribution in [2.75, 3.05) is 60.8 Å². The fraction of sp³-hybridized carbons (Fsp3) is 0.158. The summed E-state index contributed by atoms with van der Waals surface area (Å²) in [5.41, 5.74) is -0.120. The first kappa shape index (κ1) is 65.1. The van der Waals surface area contributed by atoms with Crippen LogP contribution in [0.2, 0.25) is 0 Å². The topological polar surface area (TPSA) is 396 Å². The Morgan fingerprint density at radius 1 is 0.514 bits per heavy atom. The van der Waals surface area contributed by atoms with Crippen LogP contribution in [0.4, 0.5) is 46.5 Å². The number of nitrogens with zero attached hydrogens (tertiary/aromatic N) is 8. The average Bonchev–Trinajstić information content (AvgIpc) is 3.25. The summed E-state index contributed by atoms with van der Waals surface area (Å²) in [7, 11) is -15.7. The quantitative estimate of drug-likeness (QED) is 0.0316. The molecule has 10 N–H and O–H groups in total. The van der Waals surface area contributed by atoms with Gasteiger partial charge in [-0.3, -0.25) is 28.2 Å². The van der Waals surface area contributed by atoms with Gasteiger partial charge in [0.1, 0.15) is 9.79 Å². The van der Waals surface area contributed by atoms with E-state index in [0.29, 0.717) is 11.4 Å². The van der Waals surface area contributed by atoms with Gasteiger partial charge in [0.15, 0.2) is 0 Å². The molecule has 0 bridgehead atoms. The van der Waals surface area contributed by atoms with Crippen molar-refractivity contribution in [3.05, 3.63) is 107 Å². The second-order valence-corrected chi connectivity index (χ2v) is 19.8. The predicted octanol–water partition coefficient (Wildman–Crippen LogP) is 0.366. The standard InChI is InChI=1S/C38H40N12O14S4.4Na/c1-49(17-19-51)37-45-33(39-25-9-13-29(14-10-25)65(53,54)55)43-35(47-37)41-27-7-5-23(31(21-27)67(59,60)61)3-4-24-6-8-28(22-32(24)68(62,63)64)42-36-44-34(46-38(48-36)50(2)18-20-52)40-26-11-15-30(16-12-26)66(56,57)58;;;;/h3-16,21-22,51-52H,17-20H2,1-2H3,(H,53,54,55)(H,56,57,58)(H,59,60,61)(H,62,63,64)(H2,39,41,43,45,47)(H2,40,42,44,46,48);;;;. The van der Waals surface area contributed by atoms with Gasteiger partial charge in [0, 0.05) is 157 Å². The molecule has 2 heterocycles. The van der Waals surface area contributed by atoms with Gasteiger partial charge in [0.2, 0.25) is 35.0 Å². The van der Waals surface area contributed by atoms with Crippen molar-refractivity contribution >= 4 is 217 Å². The van der Waals surface area contributed by atoms with Crippen LogP contribution >= 0.6 is 0 Å². The van der Waals surface area contributed by atoms with Gasteiger partial charge >= 0.3 is 0 Å². The van der Waals surface area contributed by atoms with E-state index in [1.54, 1.807) is 14.1 Å². The zero-order chi connectivity index (χ0) is 49.6. The van der Waals surface area contributed by atoms with Crippen LogP contribution in [-0.2, 0) is 40.5 Å². The molecule has 0 amide bonds. The molecule has 2 aromatic heterocycles. The first-order valence-corrected chi connectivity index (χ1v) is 25.0. The van der Waals surface area contributed by atoms with Crippen molar-refractivity contribution < 1.29 is 62.1 Å². The number of H-pyrrole nitrogens is 2. The van der Waals surface area contributed by atoms with E-state index >= 15 is 0 Å². The molecule has 0 spiro atoms. The Hall–Kier alpha value is -3.00. The van der Waals surface area contributed by atoms with Crippen LogP contribution in [0.5, 0.6) is 0 Å². The first-order chi connectivity index (χ1) is 31.9. The molecular weight excluding hydrogens is 1070 g/mol. The predicted molar refractivity (Wildman–Crippen MR) is 267 cm³/mol. The molecule has 4 aromatic carbocycles. The molecule has 364 valence electrons. The van der Waals surface area contributed by atoms with Crippen LogP contribution in [-0.4, -0.2) is 251 Å². The fourth-order valence-corrected chi connectivity index (χ4v) is 8.23. The van der Waals surface area contributed by atoms with Gasteiger partial charge in [-0.2, -0.15) is 53.6 Å². The van der Waals surface area contributed by atoms with Crippen molar-refractivity contribution in [2.45, 2.75) is 19.6 Å².